The Hall–Kier alpha value is -2.24. The zero-order valence-electron chi connectivity index (χ0n) is 16.6. The van der Waals surface area contributed by atoms with Crippen molar-refractivity contribution in [3.05, 3.63) is 0 Å². The molecule has 0 aromatic rings. The first-order chi connectivity index (χ1) is 13.0. The number of aliphatic hydroxyl groups is 1. The van der Waals surface area contributed by atoms with Crippen LogP contribution in [0.4, 0.5) is 0 Å². The van der Waals surface area contributed by atoms with Gasteiger partial charge < -0.3 is 37.6 Å². The molecular weight excluding hydrogens is 370 g/mol. The first-order valence-corrected chi connectivity index (χ1v) is 9.25. The van der Waals surface area contributed by atoms with Crippen molar-refractivity contribution in [3.8, 4) is 0 Å². The van der Waals surface area contributed by atoms with Crippen molar-refractivity contribution in [2.45, 2.75) is 64.2 Å². The van der Waals surface area contributed by atoms with E-state index in [2.05, 4.69) is 16.0 Å². The number of aliphatic hydroxyl groups excluding tert-OH is 1. The highest BCUT2D eigenvalue weighted by Crippen LogP contribution is 2.05. The summed E-state index contributed by atoms with van der Waals surface area (Å²) in [6.07, 6.45) is 1.54. The molecule has 9 N–H and O–H groups in total. The number of rotatable bonds is 13. The quantitative estimate of drug-likeness (QED) is 0.166. The Balaban J connectivity index is 4.98. The van der Waals surface area contributed by atoms with Gasteiger partial charge in [0.05, 0.1) is 12.6 Å². The summed E-state index contributed by atoms with van der Waals surface area (Å²) < 4.78 is 0. The first-order valence-electron chi connectivity index (χ1n) is 9.25. The summed E-state index contributed by atoms with van der Waals surface area (Å²) in [5.74, 6) is -3.38. The zero-order chi connectivity index (χ0) is 21.9. The molecule has 11 heteroatoms. The molecule has 0 aromatic heterocycles. The van der Waals surface area contributed by atoms with Crippen LogP contribution in [0.25, 0.3) is 0 Å². The fourth-order valence-electron chi connectivity index (χ4n) is 2.19. The molecule has 0 spiro atoms. The molecule has 0 rings (SSSR count). The number of hydrogen-bond acceptors (Lipinski definition) is 7. The molecule has 162 valence electrons. The van der Waals surface area contributed by atoms with E-state index in [1.807, 2.05) is 0 Å². The summed E-state index contributed by atoms with van der Waals surface area (Å²) in [5, 5.41) is 25.0. The highest BCUT2D eigenvalue weighted by atomic mass is 16.4. The summed E-state index contributed by atoms with van der Waals surface area (Å²) in [5.41, 5.74) is 11.3. The molecule has 28 heavy (non-hydrogen) atoms. The minimum absolute atomic E-state index is 0.121. The normalized spacial score (nSPS) is 15.2. The molecule has 0 fully saturated rings. The lowest BCUT2D eigenvalue weighted by atomic mass is 10.0. The van der Waals surface area contributed by atoms with Crippen molar-refractivity contribution < 1.29 is 29.4 Å². The van der Waals surface area contributed by atoms with Crippen LogP contribution in [0.15, 0.2) is 0 Å². The fraction of sp³-hybridized carbons (Fsp3) is 0.765. The minimum atomic E-state index is -1.48. The monoisotopic (exact) mass is 403 g/mol. The molecule has 0 saturated carbocycles. The van der Waals surface area contributed by atoms with E-state index in [0.717, 1.165) is 0 Å². The molecule has 0 radical (unpaired) electrons. The average molecular weight is 403 g/mol. The number of hydrogen-bond donors (Lipinski definition) is 7. The highest BCUT2D eigenvalue weighted by Gasteiger charge is 2.28. The van der Waals surface area contributed by atoms with Crippen LogP contribution < -0.4 is 27.4 Å². The molecule has 0 aliphatic rings. The number of nitrogens with two attached hydrogens (primary N) is 2. The van der Waals surface area contributed by atoms with Gasteiger partial charge in [-0.1, -0.05) is 13.8 Å². The van der Waals surface area contributed by atoms with Crippen LogP contribution in [0, 0.1) is 5.92 Å². The van der Waals surface area contributed by atoms with Crippen LogP contribution in [-0.2, 0) is 19.2 Å². The Kier molecular flexibility index (Phi) is 12.0. The maximum atomic E-state index is 12.5. The van der Waals surface area contributed by atoms with Gasteiger partial charge in [0.25, 0.3) is 0 Å². The van der Waals surface area contributed by atoms with Crippen LogP contribution in [0.3, 0.4) is 0 Å². The third-order valence-corrected chi connectivity index (χ3v) is 4.15. The van der Waals surface area contributed by atoms with Gasteiger partial charge in [0.2, 0.25) is 17.7 Å². The van der Waals surface area contributed by atoms with E-state index >= 15 is 0 Å². The standard InChI is InChI=1S/C17H33N5O6/c1-9(2)13(19)16(26)21-11(6-4-5-7-18)15(25)20-10(3)14(24)22-12(8-23)17(27)28/h9-13,23H,4-8,18-19H2,1-3H3,(H,20,25)(H,21,26)(H,22,24)(H,27,28). The van der Waals surface area contributed by atoms with Gasteiger partial charge in [0, 0.05) is 0 Å². The van der Waals surface area contributed by atoms with Crippen molar-refractivity contribution in [3.63, 3.8) is 0 Å². The summed E-state index contributed by atoms with van der Waals surface area (Å²) in [6.45, 7) is 4.57. The van der Waals surface area contributed by atoms with Crippen molar-refractivity contribution >= 4 is 23.7 Å². The van der Waals surface area contributed by atoms with Crippen LogP contribution in [0.1, 0.15) is 40.0 Å². The fourth-order valence-corrected chi connectivity index (χ4v) is 2.19. The van der Waals surface area contributed by atoms with Crippen LogP contribution >= 0.6 is 0 Å². The van der Waals surface area contributed by atoms with Gasteiger partial charge in [0.1, 0.15) is 18.1 Å². The minimum Gasteiger partial charge on any atom is -0.480 e. The van der Waals surface area contributed by atoms with Gasteiger partial charge in [-0.25, -0.2) is 4.79 Å². The van der Waals surface area contributed by atoms with E-state index in [1.54, 1.807) is 13.8 Å². The Morgan fingerprint density at radius 1 is 0.893 bits per heavy atom. The SMILES string of the molecule is CC(NC(=O)C(CCCCN)NC(=O)C(N)C(C)C)C(=O)NC(CO)C(=O)O. The molecule has 3 amide bonds. The average Bonchev–Trinajstić information content (AvgIpc) is 2.63. The van der Waals surface area contributed by atoms with Crippen LogP contribution in [-0.4, -0.2) is 71.2 Å². The zero-order valence-corrected chi connectivity index (χ0v) is 16.6. The lowest BCUT2D eigenvalue weighted by molar-refractivity contribution is -0.143. The molecule has 0 aliphatic heterocycles. The Bertz CT molecular complexity index is 542. The van der Waals surface area contributed by atoms with Crippen LogP contribution in [0.2, 0.25) is 0 Å². The van der Waals surface area contributed by atoms with Crippen LogP contribution in [0.5, 0.6) is 0 Å². The van der Waals surface area contributed by atoms with Gasteiger partial charge in [0.15, 0.2) is 0 Å². The number of amides is 3. The Morgan fingerprint density at radius 3 is 1.93 bits per heavy atom. The van der Waals surface area contributed by atoms with Crippen molar-refractivity contribution in [2.24, 2.45) is 17.4 Å². The van der Waals surface area contributed by atoms with Gasteiger partial charge in [-0.15, -0.1) is 0 Å². The third kappa shape index (κ3) is 9.11. The molecule has 11 nitrogen and oxygen atoms in total. The number of nitrogens with one attached hydrogen (secondary N) is 3. The smallest absolute Gasteiger partial charge is 0.328 e. The second kappa shape index (κ2) is 13.0. The molecular formula is C17H33N5O6. The number of carboxylic acid groups (broad SMARTS) is 1. The van der Waals surface area contributed by atoms with E-state index in [1.165, 1.54) is 6.92 Å². The molecule has 0 heterocycles. The van der Waals surface area contributed by atoms with Gasteiger partial charge >= 0.3 is 5.97 Å². The number of carboxylic acids is 1. The summed E-state index contributed by atoms with van der Waals surface area (Å²) in [4.78, 5) is 47.6. The van der Waals surface area contributed by atoms with Crippen molar-refractivity contribution in [1.29, 1.82) is 0 Å². The predicted octanol–water partition coefficient (Wildman–Crippen LogP) is -2.35. The van der Waals surface area contributed by atoms with E-state index in [4.69, 9.17) is 21.7 Å². The second-order valence-electron chi connectivity index (χ2n) is 6.93. The van der Waals surface area contributed by atoms with E-state index in [0.29, 0.717) is 25.8 Å². The largest absolute Gasteiger partial charge is 0.480 e. The molecule has 4 unspecified atom stereocenters. The number of carbonyl (C=O) groups is 4. The van der Waals surface area contributed by atoms with Gasteiger partial charge in [-0.05, 0) is 38.6 Å². The first kappa shape index (κ1) is 25.8. The maximum absolute atomic E-state index is 12.5. The van der Waals surface area contributed by atoms with Crippen molar-refractivity contribution in [1.82, 2.24) is 16.0 Å². The summed E-state index contributed by atoms with van der Waals surface area (Å²) in [7, 11) is 0. The van der Waals surface area contributed by atoms with E-state index in [-0.39, 0.29) is 5.92 Å². The molecule has 0 saturated heterocycles. The van der Waals surface area contributed by atoms with Crippen molar-refractivity contribution in [2.75, 3.05) is 13.2 Å². The number of carbonyl (C=O) groups excluding carboxylic acids is 3. The topological polar surface area (TPSA) is 197 Å². The lowest BCUT2D eigenvalue weighted by Crippen LogP contribution is -2.57. The molecule has 0 bridgehead atoms. The summed E-state index contributed by atoms with van der Waals surface area (Å²) in [6, 6.07) is -4.25. The van der Waals surface area contributed by atoms with E-state index < -0.39 is 54.5 Å². The van der Waals surface area contributed by atoms with E-state index in [9.17, 15) is 19.2 Å². The second-order valence-corrected chi connectivity index (χ2v) is 6.93. The summed E-state index contributed by atoms with van der Waals surface area (Å²) >= 11 is 0. The Labute approximate surface area is 164 Å². The maximum Gasteiger partial charge on any atom is 0.328 e. The molecule has 0 aliphatic carbocycles. The number of unbranched alkanes of at least 4 members (excludes halogenated alkanes) is 1. The molecule has 4 atom stereocenters. The van der Waals surface area contributed by atoms with Gasteiger partial charge in [-0.2, -0.15) is 0 Å². The van der Waals surface area contributed by atoms with Gasteiger partial charge in [-0.3, -0.25) is 14.4 Å². The predicted molar refractivity (Wildman–Crippen MR) is 102 cm³/mol. The highest BCUT2D eigenvalue weighted by molar-refractivity contribution is 5.93. The lowest BCUT2D eigenvalue weighted by Gasteiger charge is -2.24. The Morgan fingerprint density at radius 2 is 1.46 bits per heavy atom. The number of aliphatic carboxylic acids is 1. The molecule has 0 aromatic carbocycles. The third-order valence-electron chi connectivity index (χ3n) is 4.15.